The van der Waals surface area contributed by atoms with E-state index in [9.17, 15) is 0 Å². The Morgan fingerprint density at radius 2 is 1.33 bits per heavy atom. The lowest BCUT2D eigenvalue weighted by Crippen LogP contribution is -1.73. The molecule has 0 aromatic heterocycles. The Labute approximate surface area is 111 Å². The molecule has 0 atom stereocenters. The molecule has 2 aromatic rings. The molecule has 0 heterocycles. The van der Waals surface area contributed by atoms with Crippen LogP contribution in [0.2, 0.25) is 0 Å². The molecule has 0 bridgehead atoms. The second-order valence-corrected chi connectivity index (χ2v) is 3.45. The van der Waals surface area contributed by atoms with E-state index in [2.05, 4.69) is 37.8 Å². The van der Waals surface area contributed by atoms with Gasteiger partial charge in [0.25, 0.3) is 0 Å². The highest BCUT2D eigenvalue weighted by Crippen LogP contribution is 1.97. The normalized spacial score (nSPS) is 7.83. The van der Waals surface area contributed by atoms with Gasteiger partial charge in [-0.25, -0.2) is 0 Å². The van der Waals surface area contributed by atoms with Crippen molar-refractivity contribution in [2.75, 3.05) is 0 Å². The number of hydrogen-bond acceptors (Lipinski definition) is 0. The Morgan fingerprint density at radius 3 is 1.61 bits per heavy atom. The molecule has 1 heteroatoms. The van der Waals surface area contributed by atoms with Crippen molar-refractivity contribution in [3.05, 3.63) is 78.4 Å². The summed E-state index contributed by atoms with van der Waals surface area (Å²) in [5, 5.41) is 0. The van der Waals surface area contributed by atoms with Crippen molar-refractivity contribution < 1.29 is 5.48 Å². The summed E-state index contributed by atoms with van der Waals surface area (Å²) in [5.41, 5.74) is 2.58. The average Bonchev–Trinajstić information content (AvgIpc) is 2.41. The summed E-state index contributed by atoms with van der Waals surface area (Å²) >= 11 is 0. The van der Waals surface area contributed by atoms with Crippen LogP contribution in [0.15, 0.2) is 67.2 Å². The van der Waals surface area contributed by atoms with Crippen LogP contribution in [0, 0.1) is 0 Å². The standard InChI is InChI=1S/C8H10.C8H8.CH4.H2O/c2*1-2-8-6-4-3-5-7-8;;/h3-7H,2H2,1H3;2-7H,1H2;1H4;1H2. The molecule has 2 N–H and O–H groups in total. The van der Waals surface area contributed by atoms with Gasteiger partial charge < -0.3 is 5.48 Å². The number of hydrogen-bond donors (Lipinski definition) is 0. The van der Waals surface area contributed by atoms with Crippen molar-refractivity contribution in [2.24, 2.45) is 0 Å². The number of rotatable bonds is 2. The summed E-state index contributed by atoms with van der Waals surface area (Å²) in [6.07, 6.45) is 2.97. The molecule has 0 aliphatic carbocycles. The van der Waals surface area contributed by atoms with Crippen LogP contribution < -0.4 is 0 Å². The average molecular weight is 244 g/mol. The highest BCUT2D eigenvalue weighted by Gasteiger charge is 1.80. The fourth-order valence-corrected chi connectivity index (χ4v) is 1.30. The maximum Gasteiger partial charge on any atom is -0.0263 e. The van der Waals surface area contributed by atoms with Gasteiger partial charge >= 0.3 is 0 Å². The van der Waals surface area contributed by atoms with Gasteiger partial charge in [0.2, 0.25) is 0 Å². The fraction of sp³-hybridized carbons (Fsp3) is 0.176. The third kappa shape index (κ3) is 7.42. The first-order chi connectivity index (χ1) is 7.86. The first kappa shape index (κ1) is 18.5. The van der Waals surface area contributed by atoms with Gasteiger partial charge in [0.1, 0.15) is 0 Å². The van der Waals surface area contributed by atoms with Gasteiger partial charge in [-0.2, -0.15) is 0 Å². The first-order valence-corrected chi connectivity index (χ1v) is 5.58. The summed E-state index contributed by atoms with van der Waals surface area (Å²) in [6, 6.07) is 20.5. The summed E-state index contributed by atoms with van der Waals surface area (Å²) in [6.45, 7) is 5.79. The Hall–Kier alpha value is -1.86. The number of benzene rings is 2. The van der Waals surface area contributed by atoms with E-state index in [1.807, 2.05) is 42.5 Å². The van der Waals surface area contributed by atoms with Gasteiger partial charge in [0, 0.05) is 0 Å². The second kappa shape index (κ2) is 11.6. The molecule has 0 spiro atoms. The first-order valence-electron chi connectivity index (χ1n) is 5.58. The van der Waals surface area contributed by atoms with Crippen molar-refractivity contribution in [3.63, 3.8) is 0 Å². The lowest BCUT2D eigenvalue weighted by Gasteiger charge is -1.89. The molecule has 0 unspecified atom stereocenters. The summed E-state index contributed by atoms with van der Waals surface area (Å²) in [7, 11) is 0. The highest BCUT2D eigenvalue weighted by molar-refractivity contribution is 5.45. The monoisotopic (exact) mass is 244 g/mol. The lowest BCUT2D eigenvalue weighted by atomic mass is 10.2. The van der Waals surface area contributed by atoms with Crippen LogP contribution in [0.5, 0.6) is 0 Å². The Morgan fingerprint density at radius 1 is 0.889 bits per heavy atom. The molecular formula is C17H24O. The predicted molar refractivity (Wildman–Crippen MR) is 82.7 cm³/mol. The van der Waals surface area contributed by atoms with E-state index in [0.29, 0.717) is 0 Å². The molecule has 0 aliphatic heterocycles. The maximum absolute atomic E-state index is 3.63. The van der Waals surface area contributed by atoms with Gasteiger partial charge in [-0.15, -0.1) is 0 Å². The van der Waals surface area contributed by atoms with Gasteiger partial charge in [0.15, 0.2) is 0 Å². The van der Waals surface area contributed by atoms with Gasteiger partial charge in [-0.1, -0.05) is 87.7 Å². The van der Waals surface area contributed by atoms with Crippen LogP contribution in [-0.2, 0) is 6.42 Å². The van der Waals surface area contributed by atoms with E-state index in [4.69, 9.17) is 0 Å². The molecule has 0 saturated carbocycles. The minimum atomic E-state index is 0. The Bertz CT molecular complexity index is 392. The molecule has 98 valence electrons. The molecule has 0 aliphatic rings. The minimum absolute atomic E-state index is 0. The van der Waals surface area contributed by atoms with Crippen molar-refractivity contribution in [2.45, 2.75) is 20.8 Å². The zero-order valence-electron chi connectivity index (χ0n) is 10.3. The van der Waals surface area contributed by atoms with Crippen LogP contribution in [-0.4, -0.2) is 5.48 Å². The van der Waals surface area contributed by atoms with Gasteiger partial charge in [0.05, 0.1) is 0 Å². The van der Waals surface area contributed by atoms with E-state index in [0.717, 1.165) is 6.42 Å². The topological polar surface area (TPSA) is 31.5 Å². The minimum Gasteiger partial charge on any atom is -0.412 e. The highest BCUT2D eigenvalue weighted by atomic mass is 16.0. The second-order valence-electron chi connectivity index (χ2n) is 3.45. The van der Waals surface area contributed by atoms with Gasteiger partial charge in [-0.3, -0.25) is 0 Å². The SMILES string of the molecule is C.C=Cc1ccccc1.CCc1ccccc1.O. The van der Waals surface area contributed by atoms with Crippen molar-refractivity contribution in [1.29, 1.82) is 0 Å². The van der Waals surface area contributed by atoms with E-state index < -0.39 is 0 Å². The van der Waals surface area contributed by atoms with Crippen LogP contribution >= 0.6 is 0 Å². The van der Waals surface area contributed by atoms with Crippen LogP contribution in [0.3, 0.4) is 0 Å². The molecule has 0 amide bonds. The zero-order valence-corrected chi connectivity index (χ0v) is 10.3. The van der Waals surface area contributed by atoms with E-state index >= 15 is 0 Å². The molecular weight excluding hydrogens is 220 g/mol. The summed E-state index contributed by atoms with van der Waals surface area (Å²) in [4.78, 5) is 0. The van der Waals surface area contributed by atoms with Crippen LogP contribution in [0.4, 0.5) is 0 Å². The fourth-order valence-electron chi connectivity index (χ4n) is 1.30. The third-order valence-electron chi connectivity index (χ3n) is 2.29. The zero-order chi connectivity index (χ0) is 11.6. The van der Waals surface area contributed by atoms with E-state index in [1.54, 1.807) is 0 Å². The Balaban J connectivity index is 0. The molecule has 1 nitrogen and oxygen atoms in total. The third-order valence-corrected chi connectivity index (χ3v) is 2.29. The van der Waals surface area contributed by atoms with E-state index in [-0.39, 0.29) is 12.9 Å². The quantitative estimate of drug-likeness (QED) is 0.750. The number of aryl methyl sites for hydroxylation is 1. The van der Waals surface area contributed by atoms with Crippen LogP contribution in [0.25, 0.3) is 6.08 Å². The largest absolute Gasteiger partial charge is 0.412 e. The molecule has 18 heavy (non-hydrogen) atoms. The Kier molecular flexibility index (Phi) is 11.9. The summed E-state index contributed by atoms with van der Waals surface area (Å²) in [5.74, 6) is 0. The van der Waals surface area contributed by atoms with Crippen molar-refractivity contribution in [1.82, 2.24) is 0 Å². The van der Waals surface area contributed by atoms with Crippen molar-refractivity contribution in [3.8, 4) is 0 Å². The molecule has 2 rings (SSSR count). The van der Waals surface area contributed by atoms with Crippen LogP contribution in [0.1, 0.15) is 25.5 Å². The lowest BCUT2D eigenvalue weighted by molar-refractivity contribution is 0.824. The smallest absolute Gasteiger partial charge is 0.0263 e. The van der Waals surface area contributed by atoms with Gasteiger partial charge in [-0.05, 0) is 17.5 Å². The summed E-state index contributed by atoms with van der Waals surface area (Å²) < 4.78 is 0. The predicted octanol–water partition coefficient (Wildman–Crippen LogP) is 4.39. The maximum atomic E-state index is 3.63. The molecule has 2 aromatic carbocycles. The molecule has 0 radical (unpaired) electrons. The molecule has 0 fully saturated rings. The molecule has 0 saturated heterocycles. The van der Waals surface area contributed by atoms with Crippen molar-refractivity contribution >= 4 is 6.08 Å². The van der Waals surface area contributed by atoms with E-state index in [1.165, 1.54) is 11.1 Å².